The number of aliphatic imine (C=N–C) groups is 1. The van der Waals surface area contributed by atoms with Crippen LogP contribution in [0.3, 0.4) is 0 Å². The third kappa shape index (κ3) is 3.55. The van der Waals surface area contributed by atoms with Gasteiger partial charge >= 0.3 is 0 Å². The molecule has 0 fully saturated rings. The molecule has 0 radical (unpaired) electrons. The third-order valence-electron chi connectivity index (χ3n) is 2.31. The highest BCUT2D eigenvalue weighted by Gasteiger charge is 2.02. The van der Waals surface area contributed by atoms with Crippen LogP contribution in [0.5, 0.6) is 0 Å². The molecular formula is C14H19N. The minimum atomic E-state index is 0.816. The molecule has 0 unspecified atom stereocenters. The van der Waals surface area contributed by atoms with Crippen LogP contribution in [-0.4, -0.2) is 6.72 Å². The average molecular weight is 201 g/mol. The molecule has 0 rings (SSSR count). The van der Waals surface area contributed by atoms with E-state index in [4.69, 9.17) is 0 Å². The molecule has 0 spiro atoms. The number of hydrogen-bond acceptors (Lipinski definition) is 1. The van der Waals surface area contributed by atoms with Crippen LogP contribution in [0.1, 0.15) is 20.8 Å². The van der Waals surface area contributed by atoms with Gasteiger partial charge in [0, 0.05) is 0 Å². The zero-order valence-corrected chi connectivity index (χ0v) is 9.88. The Bertz CT molecular complexity index is 342. The van der Waals surface area contributed by atoms with Crippen LogP contribution in [0, 0.1) is 0 Å². The van der Waals surface area contributed by atoms with Gasteiger partial charge in [0.1, 0.15) is 0 Å². The van der Waals surface area contributed by atoms with E-state index in [9.17, 15) is 0 Å². The summed E-state index contributed by atoms with van der Waals surface area (Å²) in [5, 5.41) is 0. The van der Waals surface area contributed by atoms with Crippen LogP contribution >= 0.6 is 0 Å². The normalized spacial score (nSPS) is 14.3. The molecule has 0 aromatic heterocycles. The Hall–Kier alpha value is -1.63. The van der Waals surface area contributed by atoms with Gasteiger partial charge < -0.3 is 0 Å². The standard InChI is InChI=1S/C14H19N/c1-7-10-13(8-2)11(4)12(5)14(9-3)15-6/h7-10H,2-3,6H2,1,4-5H3/b10-7-,13-11+,14-12+. The smallest absolute Gasteiger partial charge is 0.0648 e. The molecule has 0 aromatic rings. The fourth-order valence-corrected chi connectivity index (χ4v) is 1.27. The van der Waals surface area contributed by atoms with E-state index in [2.05, 4.69) is 24.9 Å². The predicted molar refractivity (Wildman–Crippen MR) is 70.2 cm³/mol. The van der Waals surface area contributed by atoms with E-state index >= 15 is 0 Å². The Balaban J connectivity index is 5.55. The largest absolute Gasteiger partial charge is 0.264 e. The number of nitrogens with zero attached hydrogens (tertiary/aromatic N) is 1. The van der Waals surface area contributed by atoms with Gasteiger partial charge in [0.2, 0.25) is 0 Å². The number of allylic oxidation sites excluding steroid dienone is 7. The summed E-state index contributed by atoms with van der Waals surface area (Å²) in [6.45, 7) is 17.1. The zero-order chi connectivity index (χ0) is 11.8. The van der Waals surface area contributed by atoms with Crippen LogP contribution in [0.2, 0.25) is 0 Å². The first-order valence-electron chi connectivity index (χ1n) is 4.88. The highest BCUT2D eigenvalue weighted by molar-refractivity contribution is 5.48. The lowest BCUT2D eigenvalue weighted by molar-refractivity contribution is 1.23. The van der Waals surface area contributed by atoms with Gasteiger partial charge in [-0.2, -0.15) is 0 Å². The maximum absolute atomic E-state index is 3.92. The van der Waals surface area contributed by atoms with Crippen molar-refractivity contribution >= 4 is 6.72 Å². The highest BCUT2D eigenvalue weighted by atomic mass is 14.7. The SMILES string of the molecule is C=CC(/C=C\C)=C(C)\C(C)=C(/C=C)N=C. The first-order chi connectivity index (χ1) is 7.12. The molecule has 0 saturated carbocycles. The second kappa shape index (κ2) is 6.77. The second-order valence-electron chi connectivity index (χ2n) is 3.16. The maximum atomic E-state index is 3.92. The third-order valence-corrected chi connectivity index (χ3v) is 2.31. The molecule has 1 nitrogen and oxygen atoms in total. The molecule has 0 aliphatic carbocycles. The van der Waals surface area contributed by atoms with E-state index in [-0.39, 0.29) is 0 Å². The van der Waals surface area contributed by atoms with Crippen molar-refractivity contribution in [3.8, 4) is 0 Å². The van der Waals surface area contributed by atoms with Crippen molar-refractivity contribution in [3.05, 3.63) is 59.9 Å². The summed E-state index contributed by atoms with van der Waals surface area (Å²) in [7, 11) is 0. The van der Waals surface area contributed by atoms with Crippen LogP contribution in [0.25, 0.3) is 0 Å². The summed E-state index contributed by atoms with van der Waals surface area (Å²) in [6, 6.07) is 0. The maximum Gasteiger partial charge on any atom is 0.0648 e. The molecule has 0 aromatic carbocycles. The Morgan fingerprint density at radius 2 is 1.67 bits per heavy atom. The summed E-state index contributed by atoms with van der Waals surface area (Å²) < 4.78 is 0. The van der Waals surface area contributed by atoms with Gasteiger partial charge in [-0.15, -0.1) is 0 Å². The van der Waals surface area contributed by atoms with E-state index in [1.165, 1.54) is 0 Å². The van der Waals surface area contributed by atoms with E-state index in [0.29, 0.717) is 0 Å². The Kier molecular flexibility index (Phi) is 6.03. The molecule has 0 amide bonds. The molecule has 0 bridgehead atoms. The Morgan fingerprint density at radius 1 is 1.07 bits per heavy atom. The molecule has 0 heterocycles. The average Bonchev–Trinajstić information content (AvgIpc) is 2.26. The second-order valence-corrected chi connectivity index (χ2v) is 3.16. The molecule has 80 valence electrons. The van der Waals surface area contributed by atoms with E-state index < -0.39 is 0 Å². The predicted octanol–water partition coefficient (Wildman–Crippen LogP) is 4.23. The molecular weight excluding hydrogens is 182 g/mol. The van der Waals surface area contributed by atoms with Crippen LogP contribution in [0.15, 0.2) is 64.9 Å². The van der Waals surface area contributed by atoms with Gasteiger partial charge in [-0.25, -0.2) is 0 Å². The number of hydrogen-bond donors (Lipinski definition) is 0. The van der Waals surface area contributed by atoms with Gasteiger partial charge in [0.25, 0.3) is 0 Å². The van der Waals surface area contributed by atoms with Crippen molar-refractivity contribution in [2.24, 2.45) is 4.99 Å². The monoisotopic (exact) mass is 201 g/mol. The molecule has 0 aliphatic rings. The molecule has 0 saturated heterocycles. The molecule has 0 aliphatic heterocycles. The summed E-state index contributed by atoms with van der Waals surface area (Å²) in [5.41, 5.74) is 4.13. The topological polar surface area (TPSA) is 12.4 Å². The lowest BCUT2D eigenvalue weighted by atomic mass is 10.0. The molecule has 15 heavy (non-hydrogen) atoms. The lowest BCUT2D eigenvalue weighted by Gasteiger charge is -2.07. The van der Waals surface area contributed by atoms with Gasteiger partial charge in [0.05, 0.1) is 5.70 Å². The first-order valence-corrected chi connectivity index (χ1v) is 4.88. The summed E-state index contributed by atoms with van der Waals surface area (Å²) >= 11 is 0. The minimum absolute atomic E-state index is 0.816. The van der Waals surface area contributed by atoms with Crippen LogP contribution in [-0.2, 0) is 0 Å². The lowest BCUT2D eigenvalue weighted by Crippen LogP contribution is -1.89. The van der Waals surface area contributed by atoms with Crippen LogP contribution < -0.4 is 0 Å². The van der Waals surface area contributed by atoms with Gasteiger partial charge in [-0.1, -0.05) is 31.4 Å². The fraction of sp³-hybridized carbons (Fsp3) is 0.214. The van der Waals surface area contributed by atoms with Crippen molar-refractivity contribution < 1.29 is 0 Å². The molecule has 1 heteroatoms. The summed E-state index contributed by atoms with van der Waals surface area (Å²) in [5.74, 6) is 0. The quantitative estimate of drug-likeness (QED) is 0.466. The summed E-state index contributed by atoms with van der Waals surface area (Å²) in [6.07, 6.45) is 7.56. The highest BCUT2D eigenvalue weighted by Crippen LogP contribution is 2.20. The van der Waals surface area contributed by atoms with Crippen molar-refractivity contribution in [1.82, 2.24) is 0 Å². The number of rotatable bonds is 5. The Morgan fingerprint density at radius 3 is 2.00 bits per heavy atom. The fourth-order valence-electron chi connectivity index (χ4n) is 1.27. The minimum Gasteiger partial charge on any atom is -0.264 e. The van der Waals surface area contributed by atoms with Crippen LogP contribution in [0.4, 0.5) is 0 Å². The molecule has 0 atom stereocenters. The first kappa shape index (κ1) is 13.4. The van der Waals surface area contributed by atoms with Crippen molar-refractivity contribution in [3.63, 3.8) is 0 Å². The van der Waals surface area contributed by atoms with E-state index in [0.717, 1.165) is 22.4 Å². The zero-order valence-electron chi connectivity index (χ0n) is 9.88. The van der Waals surface area contributed by atoms with Gasteiger partial charge in [-0.05, 0) is 50.3 Å². The van der Waals surface area contributed by atoms with E-state index in [1.807, 2.05) is 39.0 Å². The van der Waals surface area contributed by atoms with Crippen molar-refractivity contribution in [1.29, 1.82) is 0 Å². The molecule has 0 N–H and O–H groups in total. The van der Waals surface area contributed by atoms with Crippen molar-refractivity contribution in [2.75, 3.05) is 0 Å². The van der Waals surface area contributed by atoms with Gasteiger partial charge in [-0.3, -0.25) is 4.99 Å². The summed E-state index contributed by atoms with van der Waals surface area (Å²) in [4.78, 5) is 3.92. The van der Waals surface area contributed by atoms with E-state index in [1.54, 1.807) is 6.08 Å². The Labute approximate surface area is 92.9 Å². The van der Waals surface area contributed by atoms with Gasteiger partial charge in [0.15, 0.2) is 0 Å². The van der Waals surface area contributed by atoms with Crippen molar-refractivity contribution in [2.45, 2.75) is 20.8 Å².